The highest BCUT2D eigenvalue weighted by atomic mass is 19.1. The molecule has 0 aliphatic heterocycles. The fourth-order valence-electron chi connectivity index (χ4n) is 1.81. The highest BCUT2D eigenvalue weighted by molar-refractivity contribution is 5.27. The van der Waals surface area contributed by atoms with E-state index in [2.05, 4.69) is 10.3 Å². The van der Waals surface area contributed by atoms with E-state index in [4.69, 9.17) is 4.74 Å². The second kappa shape index (κ2) is 6.85. The van der Waals surface area contributed by atoms with E-state index in [0.29, 0.717) is 6.54 Å². The van der Waals surface area contributed by atoms with Gasteiger partial charge in [-0.1, -0.05) is 12.1 Å². The molecular formula is C15H17FN2O. The van der Waals surface area contributed by atoms with Gasteiger partial charge in [0.2, 0.25) is 0 Å². The fraction of sp³-hybridized carbons (Fsp3) is 0.267. The smallest absolute Gasteiger partial charge is 0.141 e. The predicted molar refractivity (Wildman–Crippen MR) is 72.6 cm³/mol. The quantitative estimate of drug-likeness (QED) is 0.811. The fourth-order valence-corrected chi connectivity index (χ4v) is 1.81. The van der Waals surface area contributed by atoms with E-state index in [1.54, 1.807) is 13.3 Å². The summed E-state index contributed by atoms with van der Waals surface area (Å²) in [5.41, 5.74) is 2.10. The van der Waals surface area contributed by atoms with Crippen molar-refractivity contribution in [3.63, 3.8) is 0 Å². The Hall–Kier alpha value is -1.94. The van der Waals surface area contributed by atoms with Crippen LogP contribution < -0.4 is 10.1 Å². The molecule has 0 amide bonds. The van der Waals surface area contributed by atoms with Gasteiger partial charge in [-0.2, -0.15) is 0 Å². The van der Waals surface area contributed by atoms with Crippen LogP contribution in [-0.2, 0) is 13.0 Å². The number of ether oxygens (including phenoxy) is 1. The summed E-state index contributed by atoms with van der Waals surface area (Å²) in [6.45, 7) is 1.46. The van der Waals surface area contributed by atoms with Gasteiger partial charge in [-0.3, -0.25) is 4.98 Å². The number of nitrogens with zero attached hydrogens (tertiary/aromatic N) is 1. The first-order valence-corrected chi connectivity index (χ1v) is 6.21. The minimum Gasteiger partial charge on any atom is -0.497 e. The third-order valence-electron chi connectivity index (χ3n) is 2.84. The van der Waals surface area contributed by atoms with E-state index in [9.17, 15) is 4.39 Å². The number of halogens is 1. The zero-order valence-electron chi connectivity index (χ0n) is 10.9. The van der Waals surface area contributed by atoms with Crippen molar-refractivity contribution in [3.8, 4) is 5.75 Å². The zero-order chi connectivity index (χ0) is 13.5. The number of rotatable bonds is 6. The molecule has 2 rings (SSSR count). The minimum absolute atomic E-state index is 0.297. The Labute approximate surface area is 112 Å². The van der Waals surface area contributed by atoms with Crippen molar-refractivity contribution in [1.29, 1.82) is 0 Å². The summed E-state index contributed by atoms with van der Waals surface area (Å²) in [6, 6.07) is 9.49. The van der Waals surface area contributed by atoms with Crippen LogP contribution in [0.25, 0.3) is 0 Å². The van der Waals surface area contributed by atoms with Crippen LogP contribution in [0.4, 0.5) is 4.39 Å². The molecule has 0 radical (unpaired) electrons. The van der Waals surface area contributed by atoms with Crippen LogP contribution in [-0.4, -0.2) is 18.6 Å². The first-order valence-electron chi connectivity index (χ1n) is 6.21. The lowest BCUT2D eigenvalue weighted by molar-refractivity contribution is 0.414. The standard InChI is InChI=1S/C15H17FN2O/c1-19-15-4-2-12(3-5-15)6-7-17-9-13-8-14(16)11-18-10-13/h2-5,8,10-11,17H,6-7,9H2,1H3. The molecule has 3 nitrogen and oxygen atoms in total. The molecule has 1 aromatic carbocycles. The van der Waals surface area contributed by atoms with Gasteiger partial charge in [-0.25, -0.2) is 4.39 Å². The maximum Gasteiger partial charge on any atom is 0.141 e. The third kappa shape index (κ3) is 4.34. The number of hydrogen-bond donors (Lipinski definition) is 1. The highest BCUT2D eigenvalue weighted by Gasteiger charge is 1.97. The normalized spacial score (nSPS) is 10.4. The zero-order valence-corrected chi connectivity index (χ0v) is 10.9. The SMILES string of the molecule is COc1ccc(CCNCc2cncc(F)c2)cc1. The second-order valence-corrected chi connectivity index (χ2v) is 4.29. The lowest BCUT2D eigenvalue weighted by Gasteiger charge is -2.06. The van der Waals surface area contributed by atoms with Crippen LogP contribution in [0, 0.1) is 5.82 Å². The first-order chi connectivity index (χ1) is 9.28. The Balaban J connectivity index is 1.74. The summed E-state index contributed by atoms with van der Waals surface area (Å²) < 4.78 is 18.0. The molecule has 0 aliphatic carbocycles. The molecule has 1 heterocycles. The summed E-state index contributed by atoms with van der Waals surface area (Å²) in [5.74, 6) is 0.567. The summed E-state index contributed by atoms with van der Waals surface area (Å²) in [4.78, 5) is 3.81. The number of aromatic nitrogens is 1. The van der Waals surface area contributed by atoms with E-state index in [1.807, 2.05) is 24.3 Å². The molecule has 0 saturated heterocycles. The van der Waals surface area contributed by atoms with Crippen molar-refractivity contribution in [1.82, 2.24) is 10.3 Å². The highest BCUT2D eigenvalue weighted by Crippen LogP contribution is 2.11. The van der Waals surface area contributed by atoms with Gasteiger partial charge in [0, 0.05) is 12.7 Å². The van der Waals surface area contributed by atoms with E-state index in [-0.39, 0.29) is 5.82 Å². The van der Waals surface area contributed by atoms with Gasteiger partial charge in [-0.05, 0) is 42.3 Å². The van der Waals surface area contributed by atoms with Crippen LogP contribution in [0.15, 0.2) is 42.7 Å². The van der Waals surface area contributed by atoms with Crippen LogP contribution >= 0.6 is 0 Å². The molecule has 1 aromatic heterocycles. The molecule has 0 spiro atoms. The summed E-state index contributed by atoms with van der Waals surface area (Å²) in [7, 11) is 1.66. The summed E-state index contributed by atoms with van der Waals surface area (Å²) in [6.07, 6.45) is 3.80. The molecule has 0 atom stereocenters. The van der Waals surface area contributed by atoms with Gasteiger partial charge >= 0.3 is 0 Å². The predicted octanol–water partition coefficient (Wildman–Crippen LogP) is 2.56. The number of nitrogens with one attached hydrogen (secondary N) is 1. The number of benzene rings is 1. The molecule has 0 bridgehead atoms. The largest absolute Gasteiger partial charge is 0.497 e. The van der Waals surface area contributed by atoms with E-state index >= 15 is 0 Å². The van der Waals surface area contributed by atoms with Crippen LogP contribution in [0.1, 0.15) is 11.1 Å². The van der Waals surface area contributed by atoms with Crippen molar-refractivity contribution in [2.45, 2.75) is 13.0 Å². The van der Waals surface area contributed by atoms with Crippen molar-refractivity contribution in [3.05, 3.63) is 59.7 Å². The van der Waals surface area contributed by atoms with Crippen LogP contribution in [0.5, 0.6) is 5.75 Å². The average Bonchev–Trinajstić information content (AvgIpc) is 2.44. The average molecular weight is 260 g/mol. The molecule has 0 fully saturated rings. The lowest BCUT2D eigenvalue weighted by atomic mass is 10.1. The number of methoxy groups -OCH3 is 1. The molecular weight excluding hydrogens is 243 g/mol. The second-order valence-electron chi connectivity index (χ2n) is 4.29. The van der Waals surface area contributed by atoms with Crippen LogP contribution in [0.3, 0.4) is 0 Å². The Morgan fingerprint density at radius 1 is 1.16 bits per heavy atom. The molecule has 1 N–H and O–H groups in total. The van der Waals surface area contributed by atoms with Gasteiger partial charge in [0.05, 0.1) is 13.3 Å². The molecule has 2 aromatic rings. The van der Waals surface area contributed by atoms with Crippen LogP contribution in [0.2, 0.25) is 0 Å². The Morgan fingerprint density at radius 3 is 2.63 bits per heavy atom. The monoisotopic (exact) mass is 260 g/mol. The maximum absolute atomic E-state index is 12.9. The summed E-state index contributed by atoms with van der Waals surface area (Å²) in [5, 5.41) is 3.27. The molecule has 19 heavy (non-hydrogen) atoms. The first kappa shape index (κ1) is 13.5. The van der Waals surface area contributed by atoms with Gasteiger partial charge in [-0.15, -0.1) is 0 Å². The topological polar surface area (TPSA) is 34.1 Å². The third-order valence-corrected chi connectivity index (χ3v) is 2.84. The lowest BCUT2D eigenvalue weighted by Crippen LogP contribution is -2.16. The van der Waals surface area contributed by atoms with Gasteiger partial charge in [0.25, 0.3) is 0 Å². The number of pyridine rings is 1. The molecule has 0 unspecified atom stereocenters. The van der Waals surface area contributed by atoms with E-state index in [0.717, 1.165) is 24.3 Å². The Morgan fingerprint density at radius 2 is 1.95 bits per heavy atom. The molecule has 0 aliphatic rings. The molecule has 0 saturated carbocycles. The van der Waals surface area contributed by atoms with Crippen molar-refractivity contribution < 1.29 is 9.13 Å². The summed E-state index contributed by atoms with van der Waals surface area (Å²) >= 11 is 0. The van der Waals surface area contributed by atoms with E-state index in [1.165, 1.54) is 17.8 Å². The van der Waals surface area contributed by atoms with Crippen molar-refractivity contribution in [2.75, 3.05) is 13.7 Å². The van der Waals surface area contributed by atoms with Gasteiger partial charge in [0.1, 0.15) is 11.6 Å². The van der Waals surface area contributed by atoms with Gasteiger partial charge in [0.15, 0.2) is 0 Å². The Bertz CT molecular complexity index is 514. The van der Waals surface area contributed by atoms with E-state index < -0.39 is 0 Å². The van der Waals surface area contributed by atoms with Gasteiger partial charge < -0.3 is 10.1 Å². The number of hydrogen-bond acceptors (Lipinski definition) is 3. The molecule has 100 valence electrons. The van der Waals surface area contributed by atoms with Crippen molar-refractivity contribution in [2.24, 2.45) is 0 Å². The minimum atomic E-state index is -0.297. The Kier molecular flexibility index (Phi) is 4.86. The van der Waals surface area contributed by atoms with Crippen molar-refractivity contribution >= 4 is 0 Å². The maximum atomic E-state index is 12.9. The molecule has 4 heteroatoms.